The number of carbonyl (C=O) groups excluding carboxylic acids is 1. The highest BCUT2D eigenvalue weighted by molar-refractivity contribution is 5.75. The Bertz CT molecular complexity index is 480. The summed E-state index contributed by atoms with van der Waals surface area (Å²) >= 11 is 0. The van der Waals surface area contributed by atoms with Gasteiger partial charge >= 0.3 is 6.03 Å². The van der Waals surface area contributed by atoms with Crippen molar-refractivity contribution in [2.75, 3.05) is 20.3 Å². The van der Waals surface area contributed by atoms with Crippen LogP contribution < -0.4 is 5.32 Å². The predicted molar refractivity (Wildman–Crippen MR) is 90.2 cm³/mol. The van der Waals surface area contributed by atoms with Gasteiger partial charge in [0.05, 0.1) is 6.10 Å². The number of methoxy groups -OCH3 is 1. The van der Waals surface area contributed by atoms with Gasteiger partial charge in [-0.3, -0.25) is 0 Å². The molecule has 0 aliphatic carbocycles. The highest BCUT2D eigenvalue weighted by Crippen LogP contribution is 2.27. The minimum Gasteiger partial charge on any atom is -0.388 e. The molecular weight excluding hydrogens is 292 g/mol. The molecule has 2 rings (SSSR count). The minimum absolute atomic E-state index is 0.0311. The van der Waals surface area contributed by atoms with Gasteiger partial charge in [0.25, 0.3) is 0 Å². The quantitative estimate of drug-likeness (QED) is 0.812. The molecule has 23 heavy (non-hydrogen) atoms. The second kappa shape index (κ2) is 8.89. The highest BCUT2D eigenvalue weighted by atomic mass is 16.5. The van der Waals surface area contributed by atoms with E-state index in [1.165, 1.54) is 0 Å². The van der Waals surface area contributed by atoms with Crippen molar-refractivity contribution in [3.63, 3.8) is 0 Å². The van der Waals surface area contributed by atoms with Crippen molar-refractivity contribution in [2.24, 2.45) is 0 Å². The Morgan fingerprint density at radius 1 is 1.43 bits per heavy atom. The summed E-state index contributed by atoms with van der Waals surface area (Å²) in [5, 5.41) is 13.4. The van der Waals surface area contributed by atoms with Crippen LogP contribution in [0.15, 0.2) is 30.3 Å². The molecule has 3 unspecified atom stereocenters. The number of carbonyl (C=O) groups is 1. The predicted octanol–water partition coefficient (Wildman–Crippen LogP) is 2.71. The molecule has 0 aromatic heterocycles. The fourth-order valence-corrected chi connectivity index (χ4v) is 3.08. The number of likely N-dealkylation sites (tertiary alicyclic amines) is 1. The number of hydrogen-bond acceptors (Lipinski definition) is 3. The number of hydrogen-bond donors (Lipinski definition) is 2. The molecule has 2 N–H and O–H groups in total. The second-order valence-corrected chi connectivity index (χ2v) is 6.28. The van der Waals surface area contributed by atoms with Crippen molar-refractivity contribution >= 4 is 6.03 Å². The average molecular weight is 320 g/mol. The van der Waals surface area contributed by atoms with Crippen LogP contribution in [0, 0.1) is 0 Å². The molecule has 0 spiro atoms. The zero-order chi connectivity index (χ0) is 16.7. The maximum absolute atomic E-state index is 12.4. The van der Waals surface area contributed by atoms with Gasteiger partial charge in [0, 0.05) is 32.3 Å². The van der Waals surface area contributed by atoms with Crippen molar-refractivity contribution in [1.29, 1.82) is 0 Å². The SMILES string of the molecule is COCCC(C)NC(=O)N1CCCC1CC(O)c1ccccc1. The van der Waals surface area contributed by atoms with Gasteiger partial charge in [0.1, 0.15) is 0 Å². The zero-order valence-electron chi connectivity index (χ0n) is 14.1. The summed E-state index contributed by atoms with van der Waals surface area (Å²) in [6.45, 7) is 3.38. The van der Waals surface area contributed by atoms with Crippen LogP contribution in [0.4, 0.5) is 4.79 Å². The summed E-state index contributed by atoms with van der Waals surface area (Å²) in [7, 11) is 1.66. The third-order valence-electron chi connectivity index (χ3n) is 4.44. The molecule has 3 atom stereocenters. The first-order chi connectivity index (χ1) is 11.1. The van der Waals surface area contributed by atoms with Crippen LogP contribution in [0.25, 0.3) is 0 Å². The lowest BCUT2D eigenvalue weighted by atomic mass is 10.0. The Labute approximate surface area is 138 Å². The lowest BCUT2D eigenvalue weighted by Gasteiger charge is -2.28. The number of nitrogens with zero attached hydrogens (tertiary/aromatic N) is 1. The van der Waals surface area contributed by atoms with Crippen LogP contribution in [0.1, 0.15) is 44.3 Å². The second-order valence-electron chi connectivity index (χ2n) is 6.28. The van der Waals surface area contributed by atoms with Crippen molar-refractivity contribution in [2.45, 2.75) is 50.8 Å². The Kier molecular flexibility index (Phi) is 6.86. The molecule has 1 aliphatic rings. The van der Waals surface area contributed by atoms with Gasteiger partial charge in [-0.25, -0.2) is 4.79 Å². The van der Waals surface area contributed by atoms with E-state index >= 15 is 0 Å². The van der Waals surface area contributed by atoms with Gasteiger partial charge in [-0.05, 0) is 38.2 Å². The molecular formula is C18H28N2O3. The molecule has 1 aromatic carbocycles. The van der Waals surface area contributed by atoms with Crippen LogP contribution in [0.2, 0.25) is 0 Å². The maximum Gasteiger partial charge on any atom is 0.317 e. The molecule has 0 saturated carbocycles. The number of amides is 2. The third-order valence-corrected chi connectivity index (χ3v) is 4.44. The summed E-state index contributed by atoms with van der Waals surface area (Å²) in [5.41, 5.74) is 0.910. The summed E-state index contributed by atoms with van der Waals surface area (Å²) in [6.07, 6.45) is 2.80. The molecule has 128 valence electrons. The summed E-state index contributed by atoms with van der Waals surface area (Å²) in [5.74, 6) is 0. The molecule has 1 aromatic rings. The maximum atomic E-state index is 12.4. The van der Waals surface area contributed by atoms with Crippen LogP contribution in [-0.2, 0) is 4.74 Å². The van der Waals surface area contributed by atoms with Gasteiger partial charge in [-0.1, -0.05) is 30.3 Å². The van der Waals surface area contributed by atoms with E-state index in [-0.39, 0.29) is 18.1 Å². The van der Waals surface area contributed by atoms with Crippen molar-refractivity contribution < 1.29 is 14.6 Å². The van der Waals surface area contributed by atoms with E-state index in [4.69, 9.17) is 4.74 Å². The van der Waals surface area contributed by atoms with E-state index < -0.39 is 6.10 Å². The van der Waals surface area contributed by atoms with Gasteiger partial charge < -0.3 is 20.1 Å². The lowest BCUT2D eigenvalue weighted by Crippen LogP contribution is -2.46. The van der Waals surface area contributed by atoms with Crippen molar-refractivity contribution in [1.82, 2.24) is 10.2 Å². The zero-order valence-corrected chi connectivity index (χ0v) is 14.1. The Hall–Kier alpha value is -1.59. The van der Waals surface area contributed by atoms with E-state index in [0.29, 0.717) is 13.0 Å². The minimum atomic E-state index is -0.527. The molecule has 0 radical (unpaired) electrons. The van der Waals surface area contributed by atoms with Gasteiger partial charge in [-0.2, -0.15) is 0 Å². The fourth-order valence-electron chi connectivity index (χ4n) is 3.08. The average Bonchev–Trinajstić information content (AvgIpc) is 3.02. The van der Waals surface area contributed by atoms with Crippen LogP contribution in [-0.4, -0.2) is 48.4 Å². The standard InChI is InChI=1S/C18H28N2O3/c1-14(10-12-23-2)19-18(22)20-11-6-9-16(20)13-17(21)15-7-4-3-5-8-15/h3-5,7-8,14,16-17,21H,6,9-13H2,1-2H3,(H,19,22). The number of rotatable bonds is 7. The molecule has 1 saturated heterocycles. The lowest BCUT2D eigenvalue weighted by molar-refractivity contribution is 0.124. The number of nitrogens with one attached hydrogen (secondary N) is 1. The first kappa shape index (κ1) is 17.8. The van der Waals surface area contributed by atoms with Crippen LogP contribution >= 0.6 is 0 Å². The Morgan fingerprint density at radius 3 is 2.87 bits per heavy atom. The van der Waals surface area contributed by atoms with Crippen LogP contribution in [0.3, 0.4) is 0 Å². The fraction of sp³-hybridized carbons (Fsp3) is 0.611. The van der Waals surface area contributed by atoms with E-state index in [1.54, 1.807) is 7.11 Å². The number of benzene rings is 1. The molecule has 0 bridgehead atoms. The van der Waals surface area contributed by atoms with Gasteiger partial charge in [0.15, 0.2) is 0 Å². The number of aliphatic hydroxyl groups excluding tert-OH is 1. The summed E-state index contributed by atoms with van der Waals surface area (Å²) in [4.78, 5) is 14.3. The van der Waals surface area contributed by atoms with Crippen molar-refractivity contribution in [3.05, 3.63) is 35.9 Å². The summed E-state index contributed by atoms with van der Waals surface area (Å²) in [6, 6.07) is 9.80. The molecule has 1 aliphatic heterocycles. The number of ether oxygens (including phenoxy) is 1. The van der Waals surface area contributed by atoms with E-state index in [1.807, 2.05) is 42.2 Å². The number of urea groups is 1. The molecule has 1 heterocycles. The first-order valence-corrected chi connectivity index (χ1v) is 8.41. The van der Waals surface area contributed by atoms with Crippen LogP contribution in [0.5, 0.6) is 0 Å². The molecule has 2 amide bonds. The normalized spacial score (nSPS) is 20.3. The first-order valence-electron chi connectivity index (χ1n) is 8.41. The number of aliphatic hydroxyl groups is 1. The molecule has 5 heteroatoms. The highest BCUT2D eigenvalue weighted by Gasteiger charge is 2.31. The third kappa shape index (κ3) is 5.22. The largest absolute Gasteiger partial charge is 0.388 e. The van der Waals surface area contributed by atoms with Crippen molar-refractivity contribution in [3.8, 4) is 0 Å². The van der Waals surface area contributed by atoms with E-state index in [0.717, 1.165) is 31.4 Å². The Morgan fingerprint density at radius 2 is 2.17 bits per heavy atom. The summed E-state index contributed by atoms with van der Waals surface area (Å²) < 4.78 is 5.04. The van der Waals surface area contributed by atoms with Gasteiger partial charge in [0.2, 0.25) is 0 Å². The van der Waals surface area contributed by atoms with Gasteiger partial charge in [-0.15, -0.1) is 0 Å². The monoisotopic (exact) mass is 320 g/mol. The smallest absolute Gasteiger partial charge is 0.317 e. The molecule has 1 fully saturated rings. The Balaban J connectivity index is 1.88. The molecule has 5 nitrogen and oxygen atoms in total. The van der Waals surface area contributed by atoms with E-state index in [2.05, 4.69) is 5.32 Å². The topological polar surface area (TPSA) is 61.8 Å². The van der Waals surface area contributed by atoms with E-state index in [9.17, 15) is 9.90 Å².